The van der Waals surface area contributed by atoms with Crippen molar-refractivity contribution >= 4 is 22.8 Å². The van der Waals surface area contributed by atoms with Crippen LogP contribution in [-0.2, 0) is 0 Å². The Balaban J connectivity index is 1.49. The van der Waals surface area contributed by atoms with Crippen LogP contribution in [0.4, 0.5) is 0 Å². The molecule has 2 heterocycles. The molecule has 0 aliphatic heterocycles. The lowest BCUT2D eigenvalue weighted by Gasteiger charge is -2.05. The highest BCUT2D eigenvalue weighted by atomic mass is 16.3. The predicted octanol–water partition coefficient (Wildman–Crippen LogP) is 2.71. The number of benzene rings is 2. The third kappa shape index (κ3) is 3.07. The maximum atomic E-state index is 12.4. The Morgan fingerprint density at radius 2 is 1.68 bits per heavy atom. The third-order valence-electron chi connectivity index (χ3n) is 4.27. The molecule has 4 rings (SSSR count). The first-order chi connectivity index (χ1) is 13.5. The van der Waals surface area contributed by atoms with E-state index in [2.05, 4.69) is 16.0 Å². The molecule has 0 saturated carbocycles. The number of carbonyl (C=O) groups is 2. The maximum Gasteiger partial charge on any atom is 0.305 e. The Morgan fingerprint density at radius 3 is 2.43 bits per heavy atom. The molecule has 0 bridgehead atoms. The summed E-state index contributed by atoms with van der Waals surface area (Å²) in [4.78, 5) is 24.7. The highest BCUT2D eigenvalue weighted by molar-refractivity contribution is 6.01. The number of aromatic hydroxyl groups is 1. The van der Waals surface area contributed by atoms with Crippen LogP contribution in [0.2, 0.25) is 0 Å². The topological polar surface area (TPSA) is 109 Å². The van der Waals surface area contributed by atoms with Gasteiger partial charge < -0.3 is 9.52 Å². The minimum Gasteiger partial charge on any atom is -0.504 e. The van der Waals surface area contributed by atoms with E-state index in [0.717, 1.165) is 5.39 Å². The second kappa shape index (κ2) is 6.92. The Bertz CT molecular complexity index is 1180. The summed E-state index contributed by atoms with van der Waals surface area (Å²) in [6.07, 6.45) is 1.31. The van der Waals surface area contributed by atoms with Crippen molar-refractivity contribution < 1.29 is 19.1 Å². The fraction of sp³-hybridized carbons (Fsp3) is 0.0500. The first-order valence-corrected chi connectivity index (χ1v) is 8.47. The van der Waals surface area contributed by atoms with Crippen LogP contribution in [0, 0.1) is 6.92 Å². The molecule has 0 aliphatic carbocycles. The summed E-state index contributed by atoms with van der Waals surface area (Å²) < 4.78 is 6.92. The monoisotopic (exact) mass is 376 g/mol. The molecule has 0 radical (unpaired) electrons. The predicted molar refractivity (Wildman–Crippen MR) is 101 cm³/mol. The second-order valence-corrected chi connectivity index (χ2v) is 6.10. The van der Waals surface area contributed by atoms with Crippen molar-refractivity contribution in [1.29, 1.82) is 0 Å². The molecule has 2 aromatic carbocycles. The molecule has 0 unspecified atom stereocenters. The van der Waals surface area contributed by atoms with Crippen molar-refractivity contribution in [3.8, 4) is 11.4 Å². The fourth-order valence-corrected chi connectivity index (χ4v) is 2.86. The van der Waals surface area contributed by atoms with Gasteiger partial charge in [0.15, 0.2) is 17.2 Å². The number of nitrogens with one attached hydrogen (secondary N) is 2. The van der Waals surface area contributed by atoms with E-state index in [0.29, 0.717) is 16.8 Å². The number of fused-ring (bicyclic) bond motifs is 1. The SMILES string of the molecule is Cc1c(C(=O)NNC(=O)c2nn(-c3ccccc3)cc2O)oc2ccccc12. The summed E-state index contributed by atoms with van der Waals surface area (Å²) in [5.74, 6) is -1.57. The highest BCUT2D eigenvalue weighted by Crippen LogP contribution is 2.24. The van der Waals surface area contributed by atoms with Crippen molar-refractivity contribution in [2.75, 3.05) is 0 Å². The van der Waals surface area contributed by atoms with Crippen LogP contribution in [0.3, 0.4) is 0 Å². The van der Waals surface area contributed by atoms with Crippen LogP contribution < -0.4 is 10.9 Å². The highest BCUT2D eigenvalue weighted by Gasteiger charge is 2.21. The number of nitrogens with zero attached hydrogens (tertiary/aromatic N) is 2. The number of amides is 2. The molecule has 28 heavy (non-hydrogen) atoms. The average Bonchev–Trinajstić information content (AvgIpc) is 3.27. The van der Waals surface area contributed by atoms with E-state index < -0.39 is 11.8 Å². The Hall–Kier alpha value is -4.07. The molecule has 4 aromatic rings. The standard InChI is InChI=1S/C20H16N4O4/c1-12-14-9-5-6-10-16(14)28-18(12)20(27)22-21-19(26)17-15(25)11-24(23-17)13-7-3-2-4-8-13/h2-11,25H,1H3,(H,21,26)(H,22,27). The van der Waals surface area contributed by atoms with E-state index in [-0.39, 0.29) is 17.2 Å². The zero-order valence-corrected chi connectivity index (χ0v) is 14.8. The van der Waals surface area contributed by atoms with Gasteiger partial charge in [0, 0.05) is 10.9 Å². The van der Waals surface area contributed by atoms with Gasteiger partial charge in [-0.05, 0) is 25.1 Å². The van der Waals surface area contributed by atoms with E-state index in [1.54, 1.807) is 31.2 Å². The molecule has 0 aliphatic rings. The van der Waals surface area contributed by atoms with Crippen molar-refractivity contribution in [2.45, 2.75) is 6.92 Å². The molecular formula is C20H16N4O4. The number of carbonyl (C=O) groups excluding carboxylic acids is 2. The summed E-state index contributed by atoms with van der Waals surface area (Å²) in [5.41, 5.74) is 6.23. The summed E-state index contributed by atoms with van der Waals surface area (Å²) >= 11 is 0. The Labute approximate surface area is 159 Å². The summed E-state index contributed by atoms with van der Waals surface area (Å²) in [6, 6.07) is 16.3. The van der Waals surface area contributed by atoms with Crippen molar-refractivity contribution in [3.63, 3.8) is 0 Å². The van der Waals surface area contributed by atoms with E-state index in [1.165, 1.54) is 10.9 Å². The molecule has 2 amide bonds. The third-order valence-corrected chi connectivity index (χ3v) is 4.27. The lowest BCUT2D eigenvalue weighted by atomic mass is 10.1. The molecule has 0 spiro atoms. The quantitative estimate of drug-likeness (QED) is 0.476. The van der Waals surface area contributed by atoms with E-state index >= 15 is 0 Å². The van der Waals surface area contributed by atoms with Crippen LogP contribution in [0.15, 0.2) is 65.2 Å². The molecule has 0 saturated heterocycles. The van der Waals surface area contributed by atoms with Crippen molar-refractivity contribution in [2.24, 2.45) is 0 Å². The normalized spacial score (nSPS) is 10.8. The number of hydrogen-bond acceptors (Lipinski definition) is 5. The molecule has 140 valence electrons. The van der Waals surface area contributed by atoms with Crippen LogP contribution in [0.5, 0.6) is 5.75 Å². The van der Waals surface area contributed by atoms with Gasteiger partial charge in [0.25, 0.3) is 5.91 Å². The first kappa shape index (κ1) is 17.3. The number of furan rings is 1. The zero-order chi connectivity index (χ0) is 19.7. The number of aromatic nitrogens is 2. The fourth-order valence-electron chi connectivity index (χ4n) is 2.86. The Morgan fingerprint density at radius 1 is 1.00 bits per heavy atom. The van der Waals surface area contributed by atoms with Gasteiger partial charge in [0.05, 0.1) is 11.9 Å². The zero-order valence-electron chi connectivity index (χ0n) is 14.8. The van der Waals surface area contributed by atoms with Crippen molar-refractivity contribution in [1.82, 2.24) is 20.6 Å². The maximum absolute atomic E-state index is 12.4. The smallest absolute Gasteiger partial charge is 0.305 e. The van der Waals surface area contributed by atoms with Crippen LogP contribution in [0.25, 0.3) is 16.7 Å². The summed E-state index contributed by atoms with van der Waals surface area (Å²) in [7, 11) is 0. The van der Waals surface area contributed by atoms with Crippen molar-refractivity contribution in [3.05, 3.63) is 77.8 Å². The van der Waals surface area contributed by atoms with Gasteiger partial charge in [-0.15, -0.1) is 0 Å². The van der Waals surface area contributed by atoms with Crippen LogP contribution >= 0.6 is 0 Å². The molecule has 8 heteroatoms. The van der Waals surface area contributed by atoms with Crippen LogP contribution in [-0.4, -0.2) is 26.7 Å². The number of hydrogen-bond donors (Lipinski definition) is 3. The molecule has 3 N–H and O–H groups in total. The van der Waals surface area contributed by atoms with Gasteiger partial charge >= 0.3 is 5.91 Å². The number of hydrazine groups is 1. The molecule has 8 nitrogen and oxygen atoms in total. The summed E-state index contributed by atoms with van der Waals surface area (Å²) in [6.45, 7) is 1.76. The van der Waals surface area contributed by atoms with Gasteiger partial charge in [-0.2, -0.15) is 5.10 Å². The van der Waals surface area contributed by atoms with Gasteiger partial charge in [0.2, 0.25) is 0 Å². The lowest BCUT2D eigenvalue weighted by molar-refractivity contribution is 0.0827. The van der Waals surface area contributed by atoms with Gasteiger partial charge in [0.1, 0.15) is 5.58 Å². The lowest BCUT2D eigenvalue weighted by Crippen LogP contribution is -2.42. The number of para-hydroxylation sites is 2. The van der Waals surface area contributed by atoms with Gasteiger partial charge in [-0.1, -0.05) is 36.4 Å². The van der Waals surface area contributed by atoms with E-state index in [1.807, 2.05) is 30.3 Å². The van der Waals surface area contributed by atoms with Crippen LogP contribution in [0.1, 0.15) is 26.6 Å². The molecule has 0 atom stereocenters. The first-order valence-electron chi connectivity index (χ1n) is 8.47. The largest absolute Gasteiger partial charge is 0.504 e. The number of aryl methyl sites for hydroxylation is 1. The van der Waals surface area contributed by atoms with E-state index in [4.69, 9.17) is 4.42 Å². The molecule has 0 fully saturated rings. The molecule has 2 aromatic heterocycles. The summed E-state index contributed by atoms with van der Waals surface area (Å²) in [5, 5.41) is 14.9. The average molecular weight is 376 g/mol. The Kier molecular flexibility index (Phi) is 4.29. The van der Waals surface area contributed by atoms with Gasteiger partial charge in [-0.3, -0.25) is 20.4 Å². The van der Waals surface area contributed by atoms with E-state index in [9.17, 15) is 14.7 Å². The molecular weight excluding hydrogens is 360 g/mol. The number of rotatable bonds is 3. The minimum atomic E-state index is -0.755. The minimum absolute atomic E-state index is 0.0977. The second-order valence-electron chi connectivity index (χ2n) is 6.10. The van der Waals surface area contributed by atoms with Gasteiger partial charge in [-0.25, -0.2) is 4.68 Å².